The summed E-state index contributed by atoms with van der Waals surface area (Å²) in [5, 5.41) is 0. The summed E-state index contributed by atoms with van der Waals surface area (Å²) in [6.45, 7) is 3.44. The van der Waals surface area contributed by atoms with Crippen molar-refractivity contribution in [2.24, 2.45) is 5.92 Å². The molecular weight excluding hydrogens is 294 g/mol. The third-order valence-corrected chi connectivity index (χ3v) is 4.76. The minimum absolute atomic E-state index is 0.0660. The predicted octanol–water partition coefficient (Wildman–Crippen LogP) is 1.76. The van der Waals surface area contributed by atoms with E-state index in [1.54, 1.807) is 25.2 Å². The Morgan fingerprint density at radius 1 is 1.48 bits per heavy atom. The van der Waals surface area contributed by atoms with Gasteiger partial charge in [0.1, 0.15) is 5.60 Å². The maximum Gasteiger partial charge on any atom is 0.319 e. The highest BCUT2D eigenvalue weighted by atomic mass is 16.5. The topological polar surface area (TPSA) is 54.9 Å². The van der Waals surface area contributed by atoms with E-state index in [1.165, 1.54) is 0 Å². The standard InChI is InChI=1S/C17H25N3O3/c1-19(2)16(21)20-12-17(13-20)14(7-10-23-17)6-9-22-11-15-5-3-4-8-18-15/h3-5,8,14H,6-7,9-13H2,1-2H3/t14-/m0/s1. The average Bonchev–Trinajstić information content (AvgIpc) is 2.94. The van der Waals surface area contributed by atoms with Gasteiger partial charge in [-0.25, -0.2) is 4.79 Å². The van der Waals surface area contributed by atoms with Crippen LogP contribution in [0.3, 0.4) is 0 Å². The van der Waals surface area contributed by atoms with Crippen molar-refractivity contribution >= 4 is 6.03 Å². The third kappa shape index (κ3) is 3.48. The summed E-state index contributed by atoms with van der Waals surface area (Å²) in [5.74, 6) is 0.470. The van der Waals surface area contributed by atoms with E-state index < -0.39 is 0 Å². The molecule has 1 spiro atoms. The van der Waals surface area contributed by atoms with E-state index in [4.69, 9.17) is 9.47 Å². The van der Waals surface area contributed by atoms with Crippen LogP contribution in [0.25, 0.3) is 0 Å². The number of pyridine rings is 1. The molecule has 1 atom stereocenters. The highest BCUT2D eigenvalue weighted by molar-refractivity contribution is 5.75. The lowest BCUT2D eigenvalue weighted by molar-refractivity contribution is -0.120. The van der Waals surface area contributed by atoms with Crippen LogP contribution in [0.5, 0.6) is 0 Å². The van der Waals surface area contributed by atoms with E-state index in [0.717, 1.165) is 25.1 Å². The molecule has 126 valence electrons. The van der Waals surface area contributed by atoms with Gasteiger partial charge < -0.3 is 19.3 Å². The molecule has 0 N–H and O–H groups in total. The summed E-state index contributed by atoms with van der Waals surface area (Å²) in [4.78, 5) is 19.7. The van der Waals surface area contributed by atoms with Crippen LogP contribution in [0.2, 0.25) is 0 Å². The molecule has 0 unspecified atom stereocenters. The fourth-order valence-corrected chi connectivity index (χ4v) is 3.45. The molecule has 0 bridgehead atoms. The van der Waals surface area contributed by atoms with Gasteiger partial charge in [-0.15, -0.1) is 0 Å². The number of carbonyl (C=O) groups excluding carboxylic acids is 1. The summed E-state index contributed by atoms with van der Waals surface area (Å²) in [6, 6.07) is 5.91. The number of rotatable bonds is 5. The Labute approximate surface area is 137 Å². The number of likely N-dealkylation sites (tertiary alicyclic amines) is 1. The zero-order chi connectivity index (χ0) is 16.3. The molecule has 0 aliphatic carbocycles. The molecule has 2 saturated heterocycles. The van der Waals surface area contributed by atoms with Gasteiger partial charge in [0.2, 0.25) is 0 Å². The van der Waals surface area contributed by atoms with Crippen LogP contribution >= 0.6 is 0 Å². The Hall–Kier alpha value is -1.66. The van der Waals surface area contributed by atoms with Crippen molar-refractivity contribution in [3.63, 3.8) is 0 Å². The number of amides is 2. The zero-order valence-corrected chi connectivity index (χ0v) is 13.9. The number of urea groups is 1. The fraction of sp³-hybridized carbons (Fsp3) is 0.647. The molecule has 2 amide bonds. The smallest absolute Gasteiger partial charge is 0.319 e. The Bertz CT molecular complexity index is 529. The van der Waals surface area contributed by atoms with E-state index in [0.29, 0.717) is 32.2 Å². The van der Waals surface area contributed by atoms with Crippen molar-refractivity contribution < 1.29 is 14.3 Å². The number of hydrogen-bond donors (Lipinski definition) is 0. The lowest BCUT2D eigenvalue weighted by Gasteiger charge is -2.50. The van der Waals surface area contributed by atoms with Crippen molar-refractivity contribution in [3.8, 4) is 0 Å². The second-order valence-electron chi connectivity index (χ2n) is 6.59. The summed E-state index contributed by atoms with van der Waals surface area (Å²) in [7, 11) is 3.57. The maximum atomic E-state index is 12.0. The molecule has 6 heteroatoms. The molecule has 3 heterocycles. The van der Waals surface area contributed by atoms with E-state index in [-0.39, 0.29) is 11.6 Å². The molecule has 0 aromatic carbocycles. The Morgan fingerprint density at radius 2 is 2.30 bits per heavy atom. The normalized spacial score (nSPS) is 22.2. The van der Waals surface area contributed by atoms with E-state index in [2.05, 4.69) is 4.98 Å². The number of nitrogens with zero attached hydrogens (tertiary/aromatic N) is 3. The Balaban J connectivity index is 1.43. The van der Waals surface area contributed by atoms with Crippen molar-refractivity contribution in [2.45, 2.75) is 25.0 Å². The van der Waals surface area contributed by atoms with Gasteiger partial charge in [-0.3, -0.25) is 4.98 Å². The van der Waals surface area contributed by atoms with E-state index in [9.17, 15) is 4.79 Å². The quantitative estimate of drug-likeness (QED) is 0.776. The predicted molar refractivity (Wildman–Crippen MR) is 86.0 cm³/mol. The molecule has 1 aromatic heterocycles. The first-order valence-electron chi connectivity index (χ1n) is 8.18. The Kier molecular flexibility index (Phi) is 4.82. The van der Waals surface area contributed by atoms with Crippen LogP contribution in [0.1, 0.15) is 18.5 Å². The summed E-state index contributed by atoms with van der Waals surface area (Å²) in [6.07, 6.45) is 3.80. The molecule has 2 aliphatic rings. The van der Waals surface area contributed by atoms with Crippen LogP contribution in [-0.2, 0) is 16.1 Å². The van der Waals surface area contributed by atoms with Gasteiger partial charge in [0, 0.05) is 33.5 Å². The van der Waals surface area contributed by atoms with E-state index >= 15 is 0 Å². The molecule has 0 saturated carbocycles. The van der Waals surface area contributed by atoms with Crippen LogP contribution in [-0.4, -0.2) is 66.8 Å². The fourth-order valence-electron chi connectivity index (χ4n) is 3.45. The minimum atomic E-state index is -0.139. The van der Waals surface area contributed by atoms with Gasteiger partial charge in [0.15, 0.2) is 0 Å². The molecular formula is C17H25N3O3. The lowest BCUT2D eigenvalue weighted by Crippen LogP contribution is -2.67. The summed E-state index contributed by atoms with van der Waals surface area (Å²) < 4.78 is 11.7. The van der Waals surface area contributed by atoms with Crippen molar-refractivity contribution in [1.29, 1.82) is 0 Å². The second kappa shape index (κ2) is 6.84. The van der Waals surface area contributed by atoms with Gasteiger partial charge in [-0.05, 0) is 30.9 Å². The third-order valence-electron chi connectivity index (χ3n) is 4.76. The lowest BCUT2D eigenvalue weighted by atomic mass is 9.79. The van der Waals surface area contributed by atoms with Gasteiger partial charge in [0.05, 0.1) is 25.4 Å². The van der Waals surface area contributed by atoms with Crippen molar-refractivity contribution in [3.05, 3.63) is 30.1 Å². The monoisotopic (exact) mass is 319 g/mol. The number of aromatic nitrogens is 1. The molecule has 0 radical (unpaired) electrons. The first-order chi connectivity index (χ1) is 11.1. The van der Waals surface area contributed by atoms with Crippen molar-refractivity contribution in [1.82, 2.24) is 14.8 Å². The highest BCUT2D eigenvalue weighted by Crippen LogP contribution is 2.41. The largest absolute Gasteiger partial charge is 0.375 e. The van der Waals surface area contributed by atoms with Crippen LogP contribution < -0.4 is 0 Å². The SMILES string of the molecule is CN(C)C(=O)N1CC2(C1)OCC[C@@H]2CCOCc1ccccn1. The molecule has 23 heavy (non-hydrogen) atoms. The van der Waals surface area contributed by atoms with Crippen LogP contribution in [0.15, 0.2) is 24.4 Å². The number of carbonyl (C=O) groups is 1. The molecule has 3 rings (SSSR count). The number of hydrogen-bond acceptors (Lipinski definition) is 4. The highest BCUT2D eigenvalue weighted by Gasteiger charge is 2.54. The molecule has 6 nitrogen and oxygen atoms in total. The average molecular weight is 319 g/mol. The van der Waals surface area contributed by atoms with E-state index in [1.807, 2.05) is 23.1 Å². The molecule has 1 aromatic rings. The molecule has 2 aliphatic heterocycles. The first-order valence-corrected chi connectivity index (χ1v) is 8.18. The number of ether oxygens (including phenoxy) is 2. The second-order valence-corrected chi connectivity index (χ2v) is 6.59. The summed E-state index contributed by atoms with van der Waals surface area (Å²) in [5.41, 5.74) is 0.816. The summed E-state index contributed by atoms with van der Waals surface area (Å²) >= 11 is 0. The van der Waals surface area contributed by atoms with Crippen LogP contribution in [0.4, 0.5) is 4.79 Å². The Morgan fingerprint density at radius 3 is 3.00 bits per heavy atom. The maximum absolute atomic E-state index is 12.0. The van der Waals surface area contributed by atoms with Gasteiger partial charge in [-0.2, -0.15) is 0 Å². The van der Waals surface area contributed by atoms with Gasteiger partial charge >= 0.3 is 6.03 Å². The zero-order valence-electron chi connectivity index (χ0n) is 13.9. The first kappa shape index (κ1) is 16.2. The van der Waals surface area contributed by atoms with Crippen LogP contribution in [0, 0.1) is 5.92 Å². The van der Waals surface area contributed by atoms with Crippen molar-refractivity contribution in [2.75, 3.05) is 40.4 Å². The molecule has 2 fully saturated rings. The van der Waals surface area contributed by atoms with Gasteiger partial charge in [0.25, 0.3) is 0 Å². The van der Waals surface area contributed by atoms with Gasteiger partial charge in [-0.1, -0.05) is 6.07 Å². The minimum Gasteiger partial charge on any atom is -0.375 e.